The van der Waals surface area contributed by atoms with Gasteiger partial charge in [0.2, 0.25) is 0 Å². The lowest BCUT2D eigenvalue weighted by Crippen LogP contribution is -2.35. The summed E-state index contributed by atoms with van der Waals surface area (Å²) in [5.41, 5.74) is -0.00673. The Bertz CT molecular complexity index is 630. The highest BCUT2D eigenvalue weighted by Crippen LogP contribution is 2.32. The monoisotopic (exact) mass is 399 g/mol. The Balaban J connectivity index is 1.93. The molecule has 0 aromatic heterocycles. The summed E-state index contributed by atoms with van der Waals surface area (Å²) in [4.78, 5) is 24.5. The van der Waals surface area contributed by atoms with Gasteiger partial charge >= 0.3 is 6.09 Å². The number of halogens is 1. The predicted molar refractivity (Wildman–Crippen MR) is 95.2 cm³/mol. The molecule has 0 saturated carbocycles. The molecule has 1 N–H and O–H groups in total. The number of likely N-dealkylation sites (tertiary alicyclic amines) is 1. The molecule has 1 aliphatic heterocycles. The average Bonchev–Trinajstić information content (AvgIpc) is 2.93. The zero-order chi connectivity index (χ0) is 17.9. The summed E-state index contributed by atoms with van der Waals surface area (Å²) in [5.74, 6) is 0.226. The van der Waals surface area contributed by atoms with Gasteiger partial charge in [0.05, 0.1) is 4.92 Å². The van der Waals surface area contributed by atoms with Crippen LogP contribution in [-0.2, 0) is 4.74 Å². The van der Waals surface area contributed by atoms with Gasteiger partial charge < -0.3 is 15.0 Å². The molecule has 1 aromatic rings. The number of carbonyl (C=O) groups excluding carboxylic acids is 1. The van der Waals surface area contributed by atoms with Crippen LogP contribution in [0, 0.1) is 16.0 Å². The fourth-order valence-electron chi connectivity index (χ4n) is 2.58. The molecule has 1 amide bonds. The van der Waals surface area contributed by atoms with Crippen LogP contribution in [-0.4, -0.2) is 41.2 Å². The summed E-state index contributed by atoms with van der Waals surface area (Å²) in [7, 11) is 0. The van der Waals surface area contributed by atoms with Gasteiger partial charge in [0.15, 0.2) is 0 Å². The van der Waals surface area contributed by atoms with Gasteiger partial charge in [-0.05, 0) is 55.1 Å². The summed E-state index contributed by atoms with van der Waals surface area (Å²) in [6.07, 6.45) is 0.529. The van der Waals surface area contributed by atoms with Crippen LogP contribution >= 0.6 is 15.9 Å². The van der Waals surface area contributed by atoms with Crippen LogP contribution in [0.25, 0.3) is 0 Å². The molecule has 24 heavy (non-hydrogen) atoms. The molecule has 0 spiro atoms. The normalized spacial score (nSPS) is 17.7. The first-order chi connectivity index (χ1) is 11.2. The number of anilines is 1. The van der Waals surface area contributed by atoms with E-state index in [0.717, 1.165) is 6.42 Å². The Morgan fingerprint density at radius 1 is 1.50 bits per heavy atom. The average molecular weight is 400 g/mol. The highest BCUT2D eigenvalue weighted by Gasteiger charge is 2.30. The third-order valence-corrected chi connectivity index (χ3v) is 4.35. The minimum atomic E-state index is -0.511. The molecule has 1 aromatic carbocycles. The summed E-state index contributed by atoms with van der Waals surface area (Å²) in [5, 5.41) is 14.3. The Morgan fingerprint density at radius 2 is 2.21 bits per heavy atom. The second-order valence-corrected chi connectivity index (χ2v) is 7.71. The maximum absolute atomic E-state index is 12.1. The van der Waals surface area contributed by atoms with Crippen LogP contribution in [0.3, 0.4) is 0 Å². The number of carbonyl (C=O) groups is 1. The van der Waals surface area contributed by atoms with Crippen molar-refractivity contribution in [2.45, 2.75) is 32.8 Å². The van der Waals surface area contributed by atoms with Gasteiger partial charge in [-0.3, -0.25) is 10.1 Å². The number of amides is 1. The minimum absolute atomic E-state index is 0.0337. The molecule has 8 heteroatoms. The Labute approximate surface area is 149 Å². The number of nitrogens with one attached hydrogen (secondary N) is 1. The molecular formula is C16H22BrN3O4. The fraction of sp³-hybridized carbons (Fsp3) is 0.562. The first kappa shape index (κ1) is 18.5. The number of para-hydroxylation sites is 1. The molecular weight excluding hydrogens is 378 g/mol. The van der Waals surface area contributed by atoms with E-state index in [1.54, 1.807) is 17.0 Å². The lowest BCUT2D eigenvalue weighted by Gasteiger charge is -2.24. The van der Waals surface area contributed by atoms with E-state index >= 15 is 0 Å². The van der Waals surface area contributed by atoms with Crippen LogP contribution in [0.5, 0.6) is 0 Å². The van der Waals surface area contributed by atoms with Gasteiger partial charge in [-0.15, -0.1) is 0 Å². The third-order valence-electron chi connectivity index (χ3n) is 3.69. The maximum Gasteiger partial charge on any atom is 0.410 e. The van der Waals surface area contributed by atoms with Crippen molar-refractivity contribution in [2.24, 2.45) is 5.92 Å². The molecule has 1 heterocycles. The van der Waals surface area contributed by atoms with Crippen LogP contribution in [0.15, 0.2) is 22.7 Å². The molecule has 1 fully saturated rings. The van der Waals surface area contributed by atoms with Crippen molar-refractivity contribution in [3.63, 3.8) is 0 Å². The van der Waals surface area contributed by atoms with Crippen LogP contribution in [0.1, 0.15) is 27.2 Å². The van der Waals surface area contributed by atoms with Crippen molar-refractivity contribution >= 4 is 33.4 Å². The van der Waals surface area contributed by atoms with Gasteiger partial charge in [0.1, 0.15) is 11.3 Å². The van der Waals surface area contributed by atoms with E-state index in [0.29, 0.717) is 29.8 Å². The van der Waals surface area contributed by atoms with Crippen molar-refractivity contribution in [3.8, 4) is 0 Å². The summed E-state index contributed by atoms with van der Waals surface area (Å²) in [6, 6.07) is 4.86. The minimum Gasteiger partial charge on any atom is -0.444 e. The van der Waals surface area contributed by atoms with E-state index in [1.165, 1.54) is 6.07 Å². The van der Waals surface area contributed by atoms with E-state index < -0.39 is 10.5 Å². The first-order valence-corrected chi connectivity index (χ1v) is 8.61. The molecule has 0 bridgehead atoms. The molecule has 1 saturated heterocycles. The molecule has 0 radical (unpaired) electrons. The molecule has 0 unspecified atom stereocenters. The largest absolute Gasteiger partial charge is 0.444 e. The number of nitrogens with zero attached hydrogens (tertiary/aromatic N) is 2. The standard InChI is InChI=1S/C16H22BrN3O4/c1-16(2,3)24-15(21)19-8-7-11(10-19)9-18-14-12(17)5-4-6-13(14)20(22)23/h4-6,11,18H,7-10H2,1-3H3/t11-/m0/s1. The van der Waals surface area contributed by atoms with Gasteiger partial charge in [-0.25, -0.2) is 4.79 Å². The molecule has 0 aliphatic carbocycles. The number of hydrogen-bond donors (Lipinski definition) is 1. The number of benzene rings is 1. The fourth-order valence-corrected chi connectivity index (χ4v) is 3.07. The first-order valence-electron chi connectivity index (χ1n) is 7.82. The number of nitro benzene ring substituents is 1. The van der Waals surface area contributed by atoms with Crippen LogP contribution in [0.4, 0.5) is 16.2 Å². The lowest BCUT2D eigenvalue weighted by molar-refractivity contribution is -0.384. The van der Waals surface area contributed by atoms with Crippen LogP contribution in [0.2, 0.25) is 0 Å². The SMILES string of the molecule is CC(C)(C)OC(=O)N1CC[C@@H](CNc2c(Br)cccc2[N+](=O)[O-])C1. The zero-order valence-electron chi connectivity index (χ0n) is 14.0. The summed E-state index contributed by atoms with van der Waals surface area (Å²) < 4.78 is 6.02. The van der Waals surface area contributed by atoms with E-state index in [9.17, 15) is 14.9 Å². The summed E-state index contributed by atoms with van der Waals surface area (Å²) in [6.45, 7) is 7.30. The van der Waals surface area contributed by atoms with E-state index in [1.807, 2.05) is 20.8 Å². The number of rotatable bonds is 4. The van der Waals surface area contributed by atoms with Gasteiger partial charge in [0, 0.05) is 30.2 Å². The van der Waals surface area contributed by atoms with E-state index in [4.69, 9.17) is 4.74 Å². The zero-order valence-corrected chi connectivity index (χ0v) is 15.6. The van der Waals surface area contributed by atoms with Crippen LogP contribution < -0.4 is 5.32 Å². The topological polar surface area (TPSA) is 84.7 Å². The highest BCUT2D eigenvalue weighted by molar-refractivity contribution is 9.10. The van der Waals surface area contributed by atoms with Crippen molar-refractivity contribution in [1.82, 2.24) is 4.90 Å². The molecule has 1 aliphatic rings. The second kappa shape index (κ2) is 7.38. The number of nitro groups is 1. The highest BCUT2D eigenvalue weighted by atomic mass is 79.9. The summed E-state index contributed by atoms with van der Waals surface area (Å²) >= 11 is 3.34. The number of hydrogen-bond acceptors (Lipinski definition) is 5. The van der Waals surface area contributed by atoms with Crippen molar-refractivity contribution in [1.29, 1.82) is 0 Å². The molecule has 1 atom stereocenters. The Hall–Kier alpha value is -1.83. The lowest BCUT2D eigenvalue weighted by atomic mass is 10.1. The van der Waals surface area contributed by atoms with Crippen molar-refractivity contribution in [2.75, 3.05) is 25.0 Å². The number of ether oxygens (including phenoxy) is 1. The van der Waals surface area contributed by atoms with E-state index in [-0.39, 0.29) is 17.7 Å². The predicted octanol–water partition coefficient (Wildman–Crippen LogP) is 4.03. The van der Waals surface area contributed by atoms with Gasteiger partial charge in [-0.2, -0.15) is 0 Å². The Morgan fingerprint density at radius 3 is 2.83 bits per heavy atom. The van der Waals surface area contributed by atoms with Crippen molar-refractivity contribution in [3.05, 3.63) is 32.8 Å². The quantitative estimate of drug-likeness (QED) is 0.610. The second-order valence-electron chi connectivity index (χ2n) is 6.85. The third kappa shape index (κ3) is 4.83. The van der Waals surface area contributed by atoms with E-state index in [2.05, 4.69) is 21.2 Å². The molecule has 7 nitrogen and oxygen atoms in total. The Kier molecular flexibility index (Phi) is 5.69. The van der Waals surface area contributed by atoms with Gasteiger partial charge in [0.25, 0.3) is 5.69 Å². The smallest absolute Gasteiger partial charge is 0.410 e. The van der Waals surface area contributed by atoms with Gasteiger partial charge in [-0.1, -0.05) is 6.07 Å². The molecule has 2 rings (SSSR count). The molecule has 132 valence electrons. The maximum atomic E-state index is 12.1. The van der Waals surface area contributed by atoms with Crippen molar-refractivity contribution < 1.29 is 14.5 Å².